The molecule has 2 rings (SSSR count). The highest BCUT2D eigenvalue weighted by atomic mass is 15.3. The van der Waals surface area contributed by atoms with Crippen LogP contribution in [-0.2, 0) is 13.6 Å². The van der Waals surface area contributed by atoms with Crippen LogP contribution in [0.1, 0.15) is 37.1 Å². The average Bonchev–Trinajstić information content (AvgIpc) is 2.90. The van der Waals surface area contributed by atoms with Crippen LogP contribution in [0.25, 0.3) is 0 Å². The summed E-state index contributed by atoms with van der Waals surface area (Å²) in [6.45, 7) is 6.94. The van der Waals surface area contributed by atoms with E-state index in [0.29, 0.717) is 5.92 Å². The van der Waals surface area contributed by atoms with Gasteiger partial charge in [-0.1, -0.05) is 13.8 Å². The molecular weight excluding hydrogens is 226 g/mol. The number of hydrogen-bond acceptors (Lipinski definition) is 3. The summed E-state index contributed by atoms with van der Waals surface area (Å²) in [6.07, 6.45) is 4.14. The lowest BCUT2D eigenvalue weighted by Crippen LogP contribution is -2.16. The van der Waals surface area contributed by atoms with Gasteiger partial charge in [0.1, 0.15) is 5.82 Å². The largest absolute Gasteiger partial charge is 0.346 e. The van der Waals surface area contributed by atoms with Crippen LogP contribution in [0.3, 0.4) is 0 Å². The van der Waals surface area contributed by atoms with Gasteiger partial charge in [0.25, 0.3) is 0 Å². The van der Waals surface area contributed by atoms with Crippen LogP contribution in [0.5, 0.6) is 0 Å². The molecule has 0 aliphatic heterocycles. The average molecular weight is 247 g/mol. The van der Waals surface area contributed by atoms with Gasteiger partial charge in [0, 0.05) is 25.5 Å². The van der Waals surface area contributed by atoms with Gasteiger partial charge in [-0.05, 0) is 24.5 Å². The minimum atomic E-state index is 0.0903. The Morgan fingerprint density at radius 1 is 1.33 bits per heavy atom. The van der Waals surface area contributed by atoms with Gasteiger partial charge in [-0.3, -0.25) is 0 Å². The molecule has 0 amide bonds. The molecule has 0 spiro atoms. The molecule has 0 fully saturated rings. The van der Waals surface area contributed by atoms with E-state index in [9.17, 15) is 0 Å². The first-order chi connectivity index (χ1) is 8.49. The Labute approximate surface area is 108 Å². The first-order valence-electron chi connectivity index (χ1n) is 6.25. The van der Waals surface area contributed by atoms with Crippen molar-refractivity contribution in [1.82, 2.24) is 19.3 Å². The van der Waals surface area contributed by atoms with E-state index in [0.717, 1.165) is 18.2 Å². The highest BCUT2D eigenvalue weighted by molar-refractivity contribution is 5.16. The Hall–Kier alpha value is -1.62. The van der Waals surface area contributed by atoms with Crippen molar-refractivity contribution in [2.45, 2.75) is 33.4 Å². The van der Waals surface area contributed by atoms with Gasteiger partial charge in [-0.25, -0.2) is 0 Å². The zero-order chi connectivity index (χ0) is 13.3. The van der Waals surface area contributed by atoms with E-state index < -0.39 is 0 Å². The lowest BCUT2D eigenvalue weighted by molar-refractivity contribution is 0.513. The lowest BCUT2D eigenvalue weighted by Gasteiger charge is -2.13. The molecular formula is C13H21N5. The lowest BCUT2D eigenvalue weighted by atomic mass is 10.00. The van der Waals surface area contributed by atoms with E-state index in [2.05, 4.69) is 40.9 Å². The van der Waals surface area contributed by atoms with Crippen molar-refractivity contribution in [3.8, 4) is 0 Å². The second-order valence-electron chi connectivity index (χ2n) is 5.11. The number of nitrogens with zero attached hydrogens (tertiary/aromatic N) is 4. The van der Waals surface area contributed by atoms with Crippen LogP contribution in [0, 0.1) is 12.8 Å². The van der Waals surface area contributed by atoms with Crippen LogP contribution < -0.4 is 5.73 Å². The third-order valence-corrected chi connectivity index (χ3v) is 3.38. The van der Waals surface area contributed by atoms with Crippen LogP contribution in [0.2, 0.25) is 0 Å². The zero-order valence-corrected chi connectivity index (χ0v) is 11.5. The molecule has 2 heterocycles. The Morgan fingerprint density at radius 2 is 2.06 bits per heavy atom. The fourth-order valence-corrected chi connectivity index (χ4v) is 1.89. The second kappa shape index (κ2) is 4.94. The summed E-state index contributed by atoms with van der Waals surface area (Å²) in [5, 5.41) is 8.22. The van der Waals surface area contributed by atoms with Gasteiger partial charge >= 0.3 is 0 Å². The van der Waals surface area contributed by atoms with Gasteiger partial charge in [0.15, 0.2) is 5.82 Å². The summed E-state index contributed by atoms with van der Waals surface area (Å²) in [4.78, 5) is 0. The smallest absolute Gasteiger partial charge is 0.152 e. The number of aryl methyl sites for hydroxylation is 1. The summed E-state index contributed by atoms with van der Waals surface area (Å²) in [5.74, 6) is 2.32. The Balaban J connectivity index is 2.14. The van der Waals surface area contributed by atoms with Gasteiger partial charge in [0.05, 0.1) is 6.54 Å². The SMILES string of the molecule is Cc1nnc(Cn2ccc(C(N)C(C)C)c2)n1C. The maximum atomic E-state index is 6.13. The quantitative estimate of drug-likeness (QED) is 0.893. The van der Waals surface area contributed by atoms with Crippen LogP contribution >= 0.6 is 0 Å². The molecule has 0 saturated carbocycles. The molecule has 2 aromatic heterocycles. The van der Waals surface area contributed by atoms with Crippen molar-refractivity contribution >= 4 is 0 Å². The number of aromatic nitrogens is 4. The summed E-state index contributed by atoms with van der Waals surface area (Å²) in [5.41, 5.74) is 7.30. The minimum Gasteiger partial charge on any atom is -0.346 e. The molecule has 18 heavy (non-hydrogen) atoms. The maximum Gasteiger partial charge on any atom is 0.152 e. The molecule has 0 bridgehead atoms. The van der Waals surface area contributed by atoms with Gasteiger partial charge < -0.3 is 14.9 Å². The van der Waals surface area contributed by atoms with Gasteiger partial charge in [-0.2, -0.15) is 0 Å². The molecule has 0 radical (unpaired) electrons. The molecule has 2 N–H and O–H groups in total. The molecule has 0 aromatic carbocycles. The standard InChI is InChI=1S/C13H21N5/c1-9(2)13(14)11-5-6-18(7-11)8-12-16-15-10(3)17(12)4/h5-7,9,13H,8,14H2,1-4H3. The molecule has 5 heteroatoms. The van der Waals surface area contributed by atoms with Gasteiger partial charge in [-0.15, -0.1) is 10.2 Å². The Bertz CT molecular complexity index is 523. The molecule has 98 valence electrons. The fourth-order valence-electron chi connectivity index (χ4n) is 1.89. The molecule has 0 saturated heterocycles. The normalized spacial score (nSPS) is 13.2. The number of nitrogens with two attached hydrogens (primary N) is 1. The molecule has 1 unspecified atom stereocenters. The topological polar surface area (TPSA) is 61.7 Å². The Kier molecular flexibility index (Phi) is 3.52. The van der Waals surface area contributed by atoms with Crippen LogP contribution in [0.15, 0.2) is 18.5 Å². The number of rotatable bonds is 4. The summed E-state index contributed by atoms with van der Waals surface area (Å²) in [6, 6.07) is 2.17. The molecule has 1 atom stereocenters. The van der Waals surface area contributed by atoms with E-state index in [4.69, 9.17) is 5.73 Å². The van der Waals surface area contributed by atoms with E-state index >= 15 is 0 Å². The van der Waals surface area contributed by atoms with E-state index in [-0.39, 0.29) is 6.04 Å². The highest BCUT2D eigenvalue weighted by Gasteiger charge is 2.12. The monoisotopic (exact) mass is 247 g/mol. The van der Waals surface area contributed by atoms with E-state index in [1.54, 1.807) is 0 Å². The molecule has 5 nitrogen and oxygen atoms in total. The predicted octanol–water partition coefficient (Wildman–Crippen LogP) is 1.63. The molecule has 0 aliphatic carbocycles. The van der Waals surface area contributed by atoms with Crippen molar-refractivity contribution in [1.29, 1.82) is 0 Å². The maximum absolute atomic E-state index is 6.13. The first kappa shape index (κ1) is 12.8. The van der Waals surface area contributed by atoms with Crippen molar-refractivity contribution in [2.75, 3.05) is 0 Å². The van der Waals surface area contributed by atoms with E-state index in [1.165, 1.54) is 5.56 Å². The first-order valence-corrected chi connectivity index (χ1v) is 6.25. The summed E-state index contributed by atoms with van der Waals surface area (Å²) < 4.78 is 4.10. The summed E-state index contributed by atoms with van der Waals surface area (Å²) in [7, 11) is 1.98. The third-order valence-electron chi connectivity index (χ3n) is 3.38. The zero-order valence-electron chi connectivity index (χ0n) is 11.5. The van der Waals surface area contributed by atoms with Crippen LogP contribution in [-0.4, -0.2) is 19.3 Å². The summed E-state index contributed by atoms with van der Waals surface area (Å²) >= 11 is 0. The molecule has 2 aromatic rings. The Morgan fingerprint density at radius 3 is 2.61 bits per heavy atom. The van der Waals surface area contributed by atoms with Crippen molar-refractivity contribution in [3.63, 3.8) is 0 Å². The van der Waals surface area contributed by atoms with E-state index in [1.807, 2.05) is 24.7 Å². The van der Waals surface area contributed by atoms with Crippen molar-refractivity contribution < 1.29 is 0 Å². The number of hydrogen-bond donors (Lipinski definition) is 1. The highest BCUT2D eigenvalue weighted by Crippen LogP contribution is 2.19. The van der Waals surface area contributed by atoms with Gasteiger partial charge in [0.2, 0.25) is 0 Å². The fraction of sp³-hybridized carbons (Fsp3) is 0.538. The molecule has 0 aliphatic rings. The minimum absolute atomic E-state index is 0.0903. The second-order valence-corrected chi connectivity index (χ2v) is 5.11. The predicted molar refractivity (Wildman–Crippen MR) is 71.0 cm³/mol. The van der Waals surface area contributed by atoms with Crippen molar-refractivity contribution in [2.24, 2.45) is 18.7 Å². The van der Waals surface area contributed by atoms with Crippen LogP contribution in [0.4, 0.5) is 0 Å². The third kappa shape index (κ3) is 2.46. The van der Waals surface area contributed by atoms with Crippen molar-refractivity contribution in [3.05, 3.63) is 35.7 Å².